The molecule has 13 heteroatoms. The summed E-state index contributed by atoms with van der Waals surface area (Å²) in [4.78, 5) is 35.7. The second kappa shape index (κ2) is 12.7. The number of ether oxygens (including phenoxy) is 3. The SMILES string of the molecule is COc1cc(OC)c(-c2cn3ccc(N4CCN(c5ccnc(N6CCN(C(=O)OC(C)(C)C)C(C)C6)n5)CC4)cc3n2)cc1Cl. The number of anilines is 3. The second-order valence-electron chi connectivity index (χ2n) is 12.6. The van der Waals surface area contributed by atoms with E-state index in [-0.39, 0.29) is 12.1 Å². The summed E-state index contributed by atoms with van der Waals surface area (Å²) in [5, 5.41) is 0.500. The van der Waals surface area contributed by atoms with Crippen LogP contribution in [0.5, 0.6) is 11.5 Å². The van der Waals surface area contributed by atoms with Gasteiger partial charge in [0.2, 0.25) is 5.95 Å². The molecule has 0 bridgehead atoms. The van der Waals surface area contributed by atoms with E-state index in [1.807, 2.05) is 62.8 Å². The zero-order chi connectivity index (χ0) is 32.6. The summed E-state index contributed by atoms with van der Waals surface area (Å²) in [5.41, 5.74) is 3.00. The van der Waals surface area contributed by atoms with Crippen molar-refractivity contribution >= 4 is 40.8 Å². The highest BCUT2D eigenvalue weighted by Gasteiger charge is 2.32. The second-order valence-corrected chi connectivity index (χ2v) is 13.0. The third kappa shape index (κ3) is 6.57. The minimum atomic E-state index is -0.521. The number of pyridine rings is 1. The number of halogens is 1. The molecule has 46 heavy (non-hydrogen) atoms. The predicted octanol–water partition coefficient (Wildman–Crippen LogP) is 5.23. The highest BCUT2D eigenvalue weighted by Crippen LogP contribution is 2.38. The Morgan fingerprint density at radius 3 is 2.33 bits per heavy atom. The summed E-state index contributed by atoms with van der Waals surface area (Å²) >= 11 is 6.42. The third-order valence-corrected chi connectivity index (χ3v) is 8.62. The van der Waals surface area contributed by atoms with Crippen molar-refractivity contribution in [2.75, 3.05) is 74.7 Å². The minimum absolute atomic E-state index is 0.0149. The Kier molecular flexibility index (Phi) is 8.73. The lowest BCUT2D eigenvalue weighted by molar-refractivity contribution is 0.0158. The Hall–Kier alpha value is -4.45. The molecule has 2 aliphatic heterocycles. The first-order valence-corrected chi connectivity index (χ1v) is 15.9. The van der Waals surface area contributed by atoms with Crippen LogP contribution in [0.25, 0.3) is 16.9 Å². The van der Waals surface area contributed by atoms with Crippen molar-refractivity contribution in [3.8, 4) is 22.8 Å². The first kappa shape index (κ1) is 31.5. The number of nitrogens with zero attached hydrogens (tertiary/aromatic N) is 8. The Bertz CT molecular complexity index is 1720. The summed E-state index contributed by atoms with van der Waals surface area (Å²) in [6.07, 6.45) is 5.56. The summed E-state index contributed by atoms with van der Waals surface area (Å²) in [5.74, 6) is 2.79. The molecule has 6 rings (SSSR count). The van der Waals surface area contributed by atoms with Crippen molar-refractivity contribution < 1.29 is 19.0 Å². The van der Waals surface area contributed by atoms with Crippen LogP contribution in [0.1, 0.15) is 27.7 Å². The molecule has 1 unspecified atom stereocenters. The number of aromatic nitrogens is 4. The van der Waals surface area contributed by atoms with Gasteiger partial charge in [0.05, 0.1) is 24.9 Å². The highest BCUT2D eigenvalue weighted by atomic mass is 35.5. The molecule has 0 saturated carbocycles. The van der Waals surface area contributed by atoms with Gasteiger partial charge in [-0.2, -0.15) is 4.98 Å². The number of carbonyl (C=O) groups is 1. The van der Waals surface area contributed by atoms with E-state index in [0.29, 0.717) is 42.1 Å². The molecule has 244 valence electrons. The van der Waals surface area contributed by atoms with Gasteiger partial charge in [-0.25, -0.2) is 14.8 Å². The molecular weight excluding hydrogens is 608 g/mol. The first-order valence-electron chi connectivity index (χ1n) is 15.5. The van der Waals surface area contributed by atoms with Gasteiger partial charge in [0.15, 0.2) is 0 Å². The molecule has 5 heterocycles. The quantitative estimate of drug-likeness (QED) is 0.276. The Labute approximate surface area is 274 Å². The fourth-order valence-electron chi connectivity index (χ4n) is 5.95. The molecule has 12 nitrogen and oxygen atoms in total. The Morgan fingerprint density at radius 1 is 0.913 bits per heavy atom. The van der Waals surface area contributed by atoms with E-state index in [2.05, 4.69) is 31.8 Å². The largest absolute Gasteiger partial charge is 0.496 e. The lowest BCUT2D eigenvalue weighted by Gasteiger charge is -2.40. The Balaban J connectivity index is 1.10. The summed E-state index contributed by atoms with van der Waals surface area (Å²) in [6, 6.07) is 9.78. The molecule has 0 aliphatic carbocycles. The Morgan fingerprint density at radius 2 is 1.63 bits per heavy atom. The van der Waals surface area contributed by atoms with Crippen molar-refractivity contribution in [1.29, 1.82) is 0 Å². The number of imidazole rings is 1. The number of hydrogen-bond donors (Lipinski definition) is 0. The van der Waals surface area contributed by atoms with Crippen LogP contribution < -0.4 is 24.2 Å². The van der Waals surface area contributed by atoms with Crippen LogP contribution >= 0.6 is 11.6 Å². The standard InChI is InChI=1S/C33H41ClN8O4/c1-22-20-41(15-16-42(22)32(43)46-33(2,3)4)31-35-9-7-29(37-31)39-13-11-38(12-14-39)23-8-10-40-21-26(36-30(40)17-23)24-18-25(34)28(45-6)19-27(24)44-5/h7-10,17-19,21-22H,11-16,20H2,1-6H3. The first-order chi connectivity index (χ1) is 22.0. The van der Waals surface area contributed by atoms with Crippen LogP contribution in [0.15, 0.2) is 48.9 Å². The van der Waals surface area contributed by atoms with Crippen molar-refractivity contribution in [2.45, 2.75) is 39.3 Å². The molecule has 2 saturated heterocycles. The smallest absolute Gasteiger partial charge is 0.410 e. The van der Waals surface area contributed by atoms with E-state index >= 15 is 0 Å². The molecular formula is C33H41ClN8O4. The third-order valence-electron chi connectivity index (χ3n) is 8.33. The lowest BCUT2D eigenvalue weighted by atomic mass is 10.1. The van der Waals surface area contributed by atoms with E-state index in [0.717, 1.165) is 54.6 Å². The zero-order valence-corrected chi connectivity index (χ0v) is 28.0. The summed E-state index contributed by atoms with van der Waals surface area (Å²) in [7, 11) is 3.20. The summed E-state index contributed by atoms with van der Waals surface area (Å²) in [6.45, 7) is 12.9. The number of hydrogen-bond acceptors (Lipinski definition) is 10. The van der Waals surface area contributed by atoms with Crippen molar-refractivity contribution in [3.63, 3.8) is 0 Å². The molecule has 3 aromatic heterocycles. The molecule has 0 spiro atoms. The minimum Gasteiger partial charge on any atom is -0.496 e. The van der Waals surface area contributed by atoms with Gasteiger partial charge in [0.25, 0.3) is 0 Å². The molecule has 0 N–H and O–H groups in total. The normalized spacial score (nSPS) is 17.4. The van der Waals surface area contributed by atoms with Gasteiger partial charge in [0.1, 0.15) is 28.6 Å². The predicted molar refractivity (Wildman–Crippen MR) is 180 cm³/mol. The monoisotopic (exact) mass is 648 g/mol. The van der Waals surface area contributed by atoms with Crippen LogP contribution in [0, 0.1) is 0 Å². The van der Waals surface area contributed by atoms with Gasteiger partial charge in [-0.1, -0.05) is 11.6 Å². The number of carbonyl (C=O) groups excluding carboxylic acids is 1. The number of benzene rings is 1. The fraction of sp³-hybridized carbons (Fsp3) is 0.455. The number of piperazine rings is 2. The van der Waals surface area contributed by atoms with E-state index in [4.69, 9.17) is 35.8 Å². The van der Waals surface area contributed by atoms with Crippen LogP contribution in [0.4, 0.5) is 22.2 Å². The van der Waals surface area contributed by atoms with Crippen molar-refractivity contribution in [3.05, 3.63) is 53.9 Å². The van der Waals surface area contributed by atoms with Gasteiger partial charge in [-0.3, -0.25) is 0 Å². The maximum absolute atomic E-state index is 12.7. The number of fused-ring (bicyclic) bond motifs is 1. The highest BCUT2D eigenvalue weighted by molar-refractivity contribution is 6.32. The maximum atomic E-state index is 12.7. The topological polar surface area (TPSA) is 101 Å². The molecule has 0 radical (unpaired) electrons. The molecule has 2 aliphatic rings. The molecule has 4 aromatic rings. The van der Waals surface area contributed by atoms with Gasteiger partial charge in [0, 0.05) is 93.8 Å². The summed E-state index contributed by atoms with van der Waals surface area (Å²) < 4.78 is 18.5. The molecule has 1 aromatic carbocycles. The average Bonchev–Trinajstić information content (AvgIpc) is 3.47. The van der Waals surface area contributed by atoms with Gasteiger partial charge < -0.3 is 38.2 Å². The van der Waals surface area contributed by atoms with E-state index < -0.39 is 5.60 Å². The number of amides is 1. The van der Waals surface area contributed by atoms with Crippen LogP contribution in [0.3, 0.4) is 0 Å². The van der Waals surface area contributed by atoms with Gasteiger partial charge >= 0.3 is 6.09 Å². The fourth-order valence-corrected chi connectivity index (χ4v) is 6.19. The zero-order valence-electron chi connectivity index (χ0n) is 27.2. The van der Waals surface area contributed by atoms with Crippen LogP contribution in [0.2, 0.25) is 5.02 Å². The van der Waals surface area contributed by atoms with Crippen molar-refractivity contribution in [2.24, 2.45) is 0 Å². The molecule has 2 fully saturated rings. The van der Waals surface area contributed by atoms with Crippen molar-refractivity contribution in [1.82, 2.24) is 24.3 Å². The van der Waals surface area contributed by atoms with E-state index in [1.54, 1.807) is 25.2 Å². The number of rotatable bonds is 6. The molecule has 1 amide bonds. The maximum Gasteiger partial charge on any atom is 0.410 e. The lowest BCUT2D eigenvalue weighted by Crippen LogP contribution is -2.55. The average molecular weight is 649 g/mol. The van der Waals surface area contributed by atoms with Gasteiger partial charge in [-0.05, 0) is 45.9 Å². The van der Waals surface area contributed by atoms with Crippen LogP contribution in [-0.2, 0) is 4.74 Å². The van der Waals surface area contributed by atoms with Gasteiger partial charge in [-0.15, -0.1) is 0 Å². The van der Waals surface area contributed by atoms with Crippen LogP contribution in [-0.4, -0.2) is 102 Å². The van der Waals surface area contributed by atoms with E-state index in [9.17, 15) is 4.79 Å². The molecule has 1 atom stereocenters. The number of methoxy groups -OCH3 is 2. The van der Waals surface area contributed by atoms with E-state index in [1.165, 1.54) is 0 Å².